The molecule has 3 aliphatic rings. The van der Waals surface area contributed by atoms with E-state index >= 15 is 0 Å². The fourth-order valence-corrected chi connectivity index (χ4v) is 2.92. The van der Waals surface area contributed by atoms with Crippen molar-refractivity contribution in [1.29, 1.82) is 0 Å². The highest BCUT2D eigenvalue weighted by Gasteiger charge is 2.20. The van der Waals surface area contributed by atoms with Crippen LogP contribution in [0, 0.1) is 10.4 Å². The van der Waals surface area contributed by atoms with Crippen LogP contribution in [0.4, 0.5) is 11.4 Å². The van der Waals surface area contributed by atoms with Crippen molar-refractivity contribution in [3.63, 3.8) is 0 Å². The number of allylic oxidation sites excluding steroid dienone is 2. The van der Waals surface area contributed by atoms with Crippen molar-refractivity contribution in [2.45, 2.75) is 12.8 Å². The second-order valence-corrected chi connectivity index (χ2v) is 4.88. The van der Waals surface area contributed by atoms with E-state index in [9.17, 15) is 0 Å². The van der Waals surface area contributed by atoms with Crippen molar-refractivity contribution >= 4 is 22.7 Å². The standard InChI is InChI=1S/C18H12N2/c1-3-7-13-11(5-1)17-15(19-13)9-10-16-18(17)12-6-2-4-8-14(12)20-16/h1,3-5,7-10H,2,6H2/i1D,2D,3D,8D,9D,10D. The Bertz CT molecular complexity index is 1320. The van der Waals surface area contributed by atoms with E-state index < -0.39 is 6.40 Å². The molecule has 20 heavy (non-hydrogen) atoms. The van der Waals surface area contributed by atoms with E-state index in [4.69, 9.17) is 8.22 Å². The van der Waals surface area contributed by atoms with Crippen LogP contribution in [0.15, 0.2) is 58.4 Å². The maximum absolute atomic E-state index is 8.33. The fraction of sp³-hybridized carbons (Fsp3) is 0.111. The molecule has 0 saturated heterocycles. The van der Waals surface area contributed by atoms with Crippen molar-refractivity contribution in [3.8, 4) is 0 Å². The Balaban J connectivity index is 2.08. The van der Waals surface area contributed by atoms with Crippen molar-refractivity contribution in [2.75, 3.05) is 0 Å². The lowest BCUT2D eigenvalue weighted by atomic mass is 9.97. The molecule has 0 fully saturated rings. The lowest BCUT2D eigenvalue weighted by Crippen LogP contribution is -2.11. The molecule has 2 aromatic carbocycles. The van der Waals surface area contributed by atoms with Crippen molar-refractivity contribution < 1.29 is 8.22 Å². The zero-order valence-corrected chi connectivity index (χ0v) is 10.4. The molecule has 1 atom stereocenters. The van der Waals surface area contributed by atoms with Gasteiger partial charge in [0.25, 0.3) is 0 Å². The minimum atomic E-state index is -0.553. The van der Waals surface area contributed by atoms with E-state index in [-0.39, 0.29) is 30.2 Å². The number of aliphatic imine (C=N–C) groups is 1. The summed E-state index contributed by atoms with van der Waals surface area (Å²) in [7, 11) is 0. The summed E-state index contributed by atoms with van der Waals surface area (Å²) in [5.74, 6) is 0. The monoisotopic (exact) mass is 262 g/mol. The number of para-hydroxylation sites is 1. The molecule has 0 radical (unpaired) electrons. The van der Waals surface area contributed by atoms with Crippen LogP contribution in [0.3, 0.4) is 0 Å². The highest BCUT2D eigenvalue weighted by atomic mass is 14.8. The SMILES string of the molecule is [2H]C1=CC([2H])CC2=c3c(c([2H])c([2H])c4c3=c3cc([2H])c([2H])cc3=N4)N=C12. The van der Waals surface area contributed by atoms with Crippen molar-refractivity contribution in [1.82, 2.24) is 0 Å². The third-order valence-electron chi connectivity index (χ3n) is 3.78. The van der Waals surface area contributed by atoms with Gasteiger partial charge in [-0.3, -0.25) is 0 Å². The molecule has 2 nitrogen and oxygen atoms in total. The minimum Gasteiger partial charge on any atom is -0.248 e. The lowest BCUT2D eigenvalue weighted by Gasteiger charge is -2.06. The van der Waals surface area contributed by atoms with Crippen molar-refractivity contribution in [2.24, 2.45) is 9.98 Å². The van der Waals surface area contributed by atoms with E-state index in [0.29, 0.717) is 44.5 Å². The first-order valence-corrected chi connectivity index (χ1v) is 6.43. The molecule has 5 rings (SSSR count). The normalized spacial score (nSPS) is 25.4. The van der Waals surface area contributed by atoms with Gasteiger partial charge in [-0.15, -0.1) is 0 Å². The third-order valence-corrected chi connectivity index (χ3v) is 3.78. The molecule has 2 heterocycles. The molecule has 2 aromatic rings. The molecule has 0 bridgehead atoms. The Labute approximate surface area is 124 Å². The molecule has 94 valence electrons. The van der Waals surface area contributed by atoms with Gasteiger partial charge in [0.15, 0.2) is 0 Å². The number of nitrogens with zero attached hydrogens (tertiary/aromatic N) is 2. The van der Waals surface area contributed by atoms with Crippen LogP contribution in [0.25, 0.3) is 5.57 Å². The summed E-state index contributed by atoms with van der Waals surface area (Å²) < 4.78 is 48.6. The van der Waals surface area contributed by atoms with E-state index in [1.807, 2.05) is 0 Å². The Morgan fingerprint density at radius 3 is 2.85 bits per heavy atom. The van der Waals surface area contributed by atoms with Gasteiger partial charge in [0, 0.05) is 17.0 Å². The van der Waals surface area contributed by atoms with Crippen LogP contribution < -0.4 is 10.6 Å². The third kappa shape index (κ3) is 1.19. The molecule has 0 spiro atoms. The predicted molar refractivity (Wildman–Crippen MR) is 79.9 cm³/mol. The van der Waals surface area contributed by atoms with Gasteiger partial charge < -0.3 is 0 Å². The summed E-state index contributed by atoms with van der Waals surface area (Å²) in [6.07, 6.45) is 1.37. The van der Waals surface area contributed by atoms with Gasteiger partial charge in [0.1, 0.15) is 0 Å². The van der Waals surface area contributed by atoms with E-state index in [0.717, 1.165) is 5.57 Å². The van der Waals surface area contributed by atoms with Crippen LogP contribution >= 0.6 is 0 Å². The van der Waals surface area contributed by atoms with Gasteiger partial charge in [0.05, 0.1) is 29.3 Å². The summed E-state index contributed by atoms with van der Waals surface area (Å²) in [5.41, 5.74) is 1.89. The summed E-state index contributed by atoms with van der Waals surface area (Å²) in [5, 5.41) is 2.46. The van der Waals surface area contributed by atoms with E-state index in [2.05, 4.69) is 9.98 Å². The summed E-state index contributed by atoms with van der Waals surface area (Å²) in [6, 6.07) is 3.26. The van der Waals surface area contributed by atoms with Crippen LogP contribution in [0.2, 0.25) is 0 Å². The first-order chi connectivity index (χ1) is 12.4. The van der Waals surface area contributed by atoms with Gasteiger partial charge in [-0.2, -0.15) is 0 Å². The Hall–Kier alpha value is -2.48. The topological polar surface area (TPSA) is 24.7 Å². The molecule has 2 aliphatic heterocycles. The highest BCUT2D eigenvalue weighted by Crippen LogP contribution is 2.28. The second kappa shape index (κ2) is 3.54. The number of benzene rings is 2. The van der Waals surface area contributed by atoms with Crippen LogP contribution in [-0.4, -0.2) is 5.71 Å². The highest BCUT2D eigenvalue weighted by molar-refractivity contribution is 6.28. The van der Waals surface area contributed by atoms with Crippen LogP contribution in [0.5, 0.6) is 0 Å². The molecule has 0 saturated carbocycles. The van der Waals surface area contributed by atoms with E-state index in [1.54, 1.807) is 6.07 Å². The molecule has 2 heteroatoms. The molecule has 1 aliphatic carbocycles. The molecule has 0 N–H and O–H groups in total. The Kier molecular flexibility index (Phi) is 1.12. The average Bonchev–Trinajstić information content (AvgIpc) is 3.12. The number of hydrogen-bond acceptors (Lipinski definition) is 2. The van der Waals surface area contributed by atoms with Gasteiger partial charge >= 0.3 is 0 Å². The molecular formula is C18H12N2. The minimum absolute atomic E-state index is 0.0452. The fourth-order valence-electron chi connectivity index (χ4n) is 2.92. The maximum atomic E-state index is 8.33. The molecule has 0 amide bonds. The van der Waals surface area contributed by atoms with Gasteiger partial charge in [0.2, 0.25) is 0 Å². The predicted octanol–water partition coefficient (Wildman–Crippen LogP) is 2.83. The number of rotatable bonds is 0. The molecular weight excluding hydrogens is 244 g/mol. The Morgan fingerprint density at radius 1 is 1.05 bits per heavy atom. The van der Waals surface area contributed by atoms with Gasteiger partial charge in [-0.25, -0.2) is 9.98 Å². The lowest BCUT2D eigenvalue weighted by molar-refractivity contribution is 1.07. The maximum Gasteiger partial charge on any atom is 0.0724 e. The number of hydrogen-bond donors (Lipinski definition) is 0. The quantitative estimate of drug-likeness (QED) is 0.595. The van der Waals surface area contributed by atoms with Crippen molar-refractivity contribution in [3.05, 3.63) is 69.4 Å². The summed E-state index contributed by atoms with van der Waals surface area (Å²) in [4.78, 5) is 8.89. The van der Waals surface area contributed by atoms with Crippen LogP contribution in [0.1, 0.15) is 21.0 Å². The first kappa shape index (κ1) is 6.31. The van der Waals surface area contributed by atoms with Crippen LogP contribution in [-0.2, 0) is 0 Å². The second-order valence-electron chi connectivity index (χ2n) is 4.88. The van der Waals surface area contributed by atoms with Gasteiger partial charge in [-0.1, -0.05) is 24.2 Å². The number of fused-ring (bicyclic) bond motifs is 5. The Morgan fingerprint density at radius 2 is 1.90 bits per heavy atom. The summed E-state index contributed by atoms with van der Waals surface area (Å²) in [6.45, 7) is 0. The largest absolute Gasteiger partial charge is 0.248 e. The molecule has 1 unspecified atom stereocenters. The first-order valence-electron chi connectivity index (χ1n) is 9.51. The van der Waals surface area contributed by atoms with Gasteiger partial charge in [-0.05, 0) is 42.6 Å². The average molecular weight is 262 g/mol. The summed E-state index contributed by atoms with van der Waals surface area (Å²) >= 11 is 0. The zero-order chi connectivity index (χ0) is 18.3. The zero-order valence-electron chi connectivity index (χ0n) is 16.4. The van der Waals surface area contributed by atoms with E-state index in [1.165, 1.54) is 12.1 Å². The molecule has 0 aromatic heterocycles. The smallest absolute Gasteiger partial charge is 0.0724 e.